The van der Waals surface area contributed by atoms with E-state index in [0.29, 0.717) is 0 Å². The molecule has 0 aliphatic rings. The van der Waals surface area contributed by atoms with Gasteiger partial charge in [-0.2, -0.15) is 0 Å². The van der Waals surface area contributed by atoms with Crippen molar-refractivity contribution in [2.75, 3.05) is 19.6 Å². The van der Waals surface area contributed by atoms with E-state index < -0.39 is 0 Å². The maximum atomic E-state index is 2.67. The Bertz CT molecular complexity index is 1070. The maximum Gasteiger partial charge on any atom is 0.136 e. The lowest BCUT2D eigenvalue weighted by Crippen LogP contribution is -2.52. The molecule has 0 fully saturated rings. The second kappa shape index (κ2) is 51.5. The second-order valence-electron chi connectivity index (χ2n) is 22.6. The van der Waals surface area contributed by atoms with Gasteiger partial charge in [-0.05, 0) is 75.8 Å². The predicted octanol–water partition coefficient (Wildman–Crippen LogP) is 23.7. The van der Waals surface area contributed by atoms with Crippen molar-refractivity contribution < 1.29 is 0 Å². The summed E-state index contributed by atoms with van der Waals surface area (Å²) in [5, 5.41) is 0. The van der Waals surface area contributed by atoms with Gasteiger partial charge in [0, 0.05) is 5.56 Å². The van der Waals surface area contributed by atoms with E-state index in [4.69, 9.17) is 0 Å². The summed E-state index contributed by atoms with van der Waals surface area (Å²) in [6.45, 7) is 15.9. The van der Waals surface area contributed by atoms with Crippen LogP contribution in [0.25, 0.3) is 0 Å². The Morgan fingerprint density at radius 3 is 0.731 bits per heavy atom. The van der Waals surface area contributed by atoms with Gasteiger partial charge >= 0.3 is 0 Å². The Morgan fingerprint density at radius 1 is 0.239 bits per heavy atom. The van der Waals surface area contributed by atoms with Gasteiger partial charge in [0.1, 0.15) is 5.69 Å². The topological polar surface area (TPSA) is 0 Å². The van der Waals surface area contributed by atoms with Crippen LogP contribution < -0.4 is 4.48 Å². The fourth-order valence-electron chi connectivity index (χ4n) is 11.6. The summed E-state index contributed by atoms with van der Waals surface area (Å²) in [5.74, 6) is 0. The Labute approximate surface area is 425 Å². The standard InChI is InChI=1S/C66H128N/c1-6-11-16-21-26-27-28-29-30-31-32-33-34-35-36-37-38-39-40-41-42-43-44-45-50-55-63-67(61-53-48-24-19-14-9-4,62-54-49-25-20-15-10-5)66-60-56-58-64(57-51-46-22-17-12-7-2)65(66)59-52-47-23-18-13-8-3/h56,58,60H,6-55,57,59,61-63H2,1-5H3/q+1. The van der Waals surface area contributed by atoms with Crippen LogP contribution in [0.2, 0.25) is 0 Å². The highest BCUT2D eigenvalue weighted by molar-refractivity contribution is 5.55. The normalized spacial score (nSPS) is 12.0. The Balaban J connectivity index is 2.70. The SMILES string of the molecule is CCCCCCCCCCCCCCCCCCCCCCCCCCCC[N+](CCCCCCCC)(CCCCCCCC)c1cccc(CCCCCCCC)c1CCCCCCCC. The third-order valence-corrected chi connectivity index (χ3v) is 16.2. The Morgan fingerprint density at radius 2 is 0.463 bits per heavy atom. The summed E-state index contributed by atoms with van der Waals surface area (Å²) in [5.41, 5.74) is 5.34. The van der Waals surface area contributed by atoms with E-state index in [1.807, 2.05) is 5.56 Å². The van der Waals surface area contributed by atoms with Crippen molar-refractivity contribution in [1.29, 1.82) is 0 Å². The molecule has 0 atom stereocenters. The minimum atomic E-state index is 1.30. The number of unbranched alkanes of at least 4 members (excludes halogenated alkanes) is 45. The highest BCUT2D eigenvalue weighted by atomic mass is 15.4. The van der Waals surface area contributed by atoms with Gasteiger partial charge in [-0.15, -0.1) is 0 Å². The molecular weight excluding hydrogens is 807 g/mol. The number of rotatable bonds is 56. The lowest BCUT2D eigenvalue weighted by Gasteiger charge is -2.41. The van der Waals surface area contributed by atoms with Crippen molar-refractivity contribution in [3.05, 3.63) is 29.3 Å². The Kier molecular flexibility index (Phi) is 49.4. The zero-order valence-electron chi connectivity index (χ0n) is 47.6. The van der Waals surface area contributed by atoms with Gasteiger partial charge in [0.05, 0.1) is 19.6 Å². The predicted molar refractivity (Wildman–Crippen MR) is 309 cm³/mol. The average Bonchev–Trinajstić information content (AvgIpc) is 3.34. The van der Waals surface area contributed by atoms with Gasteiger partial charge in [0.25, 0.3) is 0 Å². The van der Waals surface area contributed by atoms with E-state index in [1.165, 1.54) is 358 Å². The molecule has 1 aromatic rings. The van der Waals surface area contributed by atoms with E-state index in [0.717, 1.165) is 0 Å². The molecule has 0 amide bonds. The summed E-state index contributed by atoms with van der Waals surface area (Å²) in [7, 11) is 0. The van der Waals surface area contributed by atoms with Crippen LogP contribution in [0.3, 0.4) is 0 Å². The smallest absolute Gasteiger partial charge is 0.136 e. The molecule has 0 aliphatic carbocycles. The van der Waals surface area contributed by atoms with E-state index >= 15 is 0 Å². The largest absolute Gasteiger partial charge is 0.291 e. The average molecular weight is 936 g/mol. The monoisotopic (exact) mass is 935 g/mol. The van der Waals surface area contributed by atoms with Crippen molar-refractivity contribution in [1.82, 2.24) is 4.48 Å². The van der Waals surface area contributed by atoms with Crippen molar-refractivity contribution in [2.45, 2.75) is 369 Å². The van der Waals surface area contributed by atoms with Crippen LogP contribution in [0.1, 0.15) is 367 Å². The molecule has 0 aromatic heterocycles. The molecule has 1 nitrogen and oxygen atoms in total. The van der Waals surface area contributed by atoms with Crippen LogP contribution in [0, 0.1) is 0 Å². The number of hydrogen-bond acceptors (Lipinski definition) is 0. The Hall–Kier alpha value is -0.820. The highest BCUT2D eigenvalue weighted by Crippen LogP contribution is 2.35. The first-order valence-corrected chi connectivity index (χ1v) is 32.2. The van der Waals surface area contributed by atoms with Gasteiger partial charge in [0.15, 0.2) is 0 Å². The number of quaternary nitrogens is 1. The third-order valence-electron chi connectivity index (χ3n) is 16.2. The van der Waals surface area contributed by atoms with Gasteiger partial charge in [-0.1, -0.05) is 316 Å². The highest BCUT2D eigenvalue weighted by Gasteiger charge is 2.32. The molecule has 0 N–H and O–H groups in total. The van der Waals surface area contributed by atoms with Gasteiger partial charge < -0.3 is 0 Å². The van der Waals surface area contributed by atoms with Gasteiger partial charge in [0.2, 0.25) is 0 Å². The second-order valence-corrected chi connectivity index (χ2v) is 22.6. The van der Waals surface area contributed by atoms with E-state index in [9.17, 15) is 0 Å². The molecule has 0 saturated heterocycles. The minimum Gasteiger partial charge on any atom is -0.291 e. The molecule has 0 spiro atoms. The number of benzene rings is 1. The van der Waals surface area contributed by atoms with Crippen LogP contribution in [0.4, 0.5) is 5.69 Å². The van der Waals surface area contributed by atoms with Crippen molar-refractivity contribution >= 4 is 5.69 Å². The molecule has 1 aromatic carbocycles. The quantitative estimate of drug-likeness (QED) is 0.0451. The van der Waals surface area contributed by atoms with Crippen molar-refractivity contribution in [2.24, 2.45) is 0 Å². The molecule has 0 saturated carbocycles. The van der Waals surface area contributed by atoms with Crippen LogP contribution in [0.15, 0.2) is 18.2 Å². The van der Waals surface area contributed by atoms with Crippen molar-refractivity contribution in [3.8, 4) is 0 Å². The fourth-order valence-corrected chi connectivity index (χ4v) is 11.6. The molecule has 0 heterocycles. The van der Waals surface area contributed by atoms with Crippen LogP contribution in [-0.2, 0) is 12.8 Å². The minimum absolute atomic E-state index is 1.30. The maximum absolute atomic E-state index is 2.67. The number of aryl methyl sites for hydroxylation is 1. The van der Waals surface area contributed by atoms with Crippen LogP contribution >= 0.6 is 0 Å². The lowest BCUT2D eigenvalue weighted by molar-refractivity contribution is 0.250. The molecule has 1 heteroatoms. The first-order chi connectivity index (χ1) is 33.2. The van der Waals surface area contributed by atoms with Gasteiger partial charge in [-0.25, -0.2) is 0 Å². The first kappa shape index (κ1) is 64.2. The van der Waals surface area contributed by atoms with Gasteiger partial charge in [-0.3, -0.25) is 4.48 Å². The summed E-state index contributed by atoms with van der Waals surface area (Å²) >= 11 is 0. The van der Waals surface area contributed by atoms with E-state index in [2.05, 4.69) is 52.8 Å². The molecular formula is C66H128N+. The summed E-state index contributed by atoms with van der Waals surface area (Å²) in [6, 6.07) is 7.77. The fraction of sp³-hybridized carbons (Fsp3) is 0.909. The number of hydrogen-bond donors (Lipinski definition) is 0. The third kappa shape index (κ3) is 38.5. The molecule has 1 rings (SSSR count). The zero-order valence-corrected chi connectivity index (χ0v) is 47.6. The van der Waals surface area contributed by atoms with E-state index in [-0.39, 0.29) is 0 Å². The molecule has 0 bridgehead atoms. The zero-order chi connectivity index (χ0) is 48.2. The lowest BCUT2D eigenvalue weighted by atomic mass is 9.92. The number of nitrogens with zero attached hydrogens (tertiary/aromatic N) is 1. The molecule has 0 radical (unpaired) electrons. The summed E-state index contributed by atoms with van der Waals surface area (Å²) in [6.07, 6.45) is 74.7. The molecule has 396 valence electrons. The summed E-state index contributed by atoms with van der Waals surface area (Å²) in [4.78, 5) is 0. The first-order valence-electron chi connectivity index (χ1n) is 32.2. The van der Waals surface area contributed by atoms with Crippen LogP contribution in [-0.4, -0.2) is 19.6 Å². The van der Waals surface area contributed by atoms with E-state index in [1.54, 1.807) is 11.3 Å². The summed E-state index contributed by atoms with van der Waals surface area (Å²) < 4.78 is 1.30. The van der Waals surface area contributed by atoms with Crippen LogP contribution in [0.5, 0.6) is 0 Å². The molecule has 67 heavy (non-hydrogen) atoms. The molecule has 0 unspecified atom stereocenters. The van der Waals surface area contributed by atoms with Crippen molar-refractivity contribution in [3.63, 3.8) is 0 Å². The molecule has 0 aliphatic heterocycles.